The lowest BCUT2D eigenvalue weighted by molar-refractivity contribution is 0.195. The Morgan fingerprint density at radius 3 is 2.87 bits per heavy atom. The van der Waals surface area contributed by atoms with Gasteiger partial charge in [0.05, 0.1) is 6.61 Å². The van der Waals surface area contributed by atoms with Gasteiger partial charge in [-0.3, -0.25) is 0 Å². The zero-order valence-corrected chi connectivity index (χ0v) is 10.9. The fourth-order valence-electron chi connectivity index (χ4n) is 1.56. The molecule has 1 rings (SSSR count). The fourth-order valence-corrected chi connectivity index (χ4v) is 1.97. The van der Waals surface area contributed by atoms with Gasteiger partial charge in [-0.25, -0.2) is 0 Å². The predicted molar refractivity (Wildman–Crippen MR) is 67.1 cm³/mol. The molecular formula is C12H18BrNO. The molecule has 0 aliphatic heterocycles. The first-order valence-electron chi connectivity index (χ1n) is 5.25. The molecule has 84 valence electrons. The molecule has 0 fully saturated rings. The molecule has 1 aromatic carbocycles. The first-order chi connectivity index (χ1) is 7.27. The van der Waals surface area contributed by atoms with E-state index in [0.29, 0.717) is 6.04 Å². The van der Waals surface area contributed by atoms with Gasteiger partial charge in [-0.05, 0) is 24.1 Å². The van der Waals surface area contributed by atoms with Crippen LogP contribution in [0.5, 0.6) is 0 Å². The molecule has 0 saturated heterocycles. The van der Waals surface area contributed by atoms with Crippen molar-refractivity contribution in [2.45, 2.75) is 19.4 Å². The van der Waals surface area contributed by atoms with Crippen molar-refractivity contribution in [2.24, 2.45) is 0 Å². The highest BCUT2D eigenvalue weighted by atomic mass is 79.9. The minimum atomic E-state index is 0.414. The van der Waals surface area contributed by atoms with Crippen molar-refractivity contribution in [2.75, 3.05) is 20.3 Å². The van der Waals surface area contributed by atoms with Crippen LogP contribution in [0.15, 0.2) is 28.7 Å². The van der Waals surface area contributed by atoms with Gasteiger partial charge in [-0.15, -0.1) is 0 Å². The second-order valence-corrected chi connectivity index (χ2v) is 4.38. The van der Waals surface area contributed by atoms with Crippen LogP contribution in [-0.4, -0.2) is 20.3 Å². The van der Waals surface area contributed by atoms with E-state index in [4.69, 9.17) is 4.74 Å². The minimum Gasteiger partial charge on any atom is -0.383 e. The Bertz CT molecular complexity index is 291. The molecule has 1 atom stereocenters. The standard InChI is InChI=1S/C12H18BrNO/c1-3-12(14-7-8-15-2)10-5-4-6-11(13)9-10/h4-6,9,12,14H,3,7-8H2,1-2H3/t12-/m1/s1. The lowest BCUT2D eigenvalue weighted by Gasteiger charge is -2.17. The van der Waals surface area contributed by atoms with Gasteiger partial charge >= 0.3 is 0 Å². The van der Waals surface area contributed by atoms with Gasteiger partial charge < -0.3 is 10.1 Å². The number of halogens is 1. The van der Waals surface area contributed by atoms with Crippen LogP contribution in [-0.2, 0) is 4.74 Å². The summed E-state index contributed by atoms with van der Waals surface area (Å²) in [6.07, 6.45) is 1.08. The molecule has 2 nitrogen and oxygen atoms in total. The van der Waals surface area contributed by atoms with Crippen molar-refractivity contribution < 1.29 is 4.74 Å². The maximum absolute atomic E-state index is 5.02. The van der Waals surface area contributed by atoms with Crippen molar-refractivity contribution in [1.82, 2.24) is 5.32 Å². The zero-order valence-electron chi connectivity index (χ0n) is 9.29. The largest absolute Gasteiger partial charge is 0.383 e. The summed E-state index contributed by atoms with van der Waals surface area (Å²) in [4.78, 5) is 0. The third-order valence-corrected chi connectivity index (χ3v) is 2.85. The monoisotopic (exact) mass is 271 g/mol. The van der Waals surface area contributed by atoms with E-state index in [-0.39, 0.29) is 0 Å². The van der Waals surface area contributed by atoms with E-state index in [2.05, 4.69) is 46.4 Å². The number of ether oxygens (including phenoxy) is 1. The van der Waals surface area contributed by atoms with E-state index in [1.54, 1.807) is 7.11 Å². The highest BCUT2D eigenvalue weighted by molar-refractivity contribution is 9.10. The third-order valence-electron chi connectivity index (χ3n) is 2.36. The van der Waals surface area contributed by atoms with Gasteiger partial charge in [-0.2, -0.15) is 0 Å². The molecule has 1 N–H and O–H groups in total. The molecule has 0 saturated carbocycles. The van der Waals surface area contributed by atoms with Crippen molar-refractivity contribution in [1.29, 1.82) is 0 Å². The molecule has 0 aromatic heterocycles. The highest BCUT2D eigenvalue weighted by Gasteiger charge is 2.07. The van der Waals surface area contributed by atoms with Crippen molar-refractivity contribution in [3.63, 3.8) is 0 Å². The van der Waals surface area contributed by atoms with Crippen molar-refractivity contribution >= 4 is 15.9 Å². The molecule has 0 aliphatic rings. The Morgan fingerprint density at radius 2 is 2.27 bits per heavy atom. The summed E-state index contributed by atoms with van der Waals surface area (Å²) in [7, 11) is 1.72. The molecule has 0 amide bonds. The Kier molecular flexibility index (Phi) is 5.91. The topological polar surface area (TPSA) is 21.3 Å². The SMILES string of the molecule is CC[C@@H](NCCOC)c1cccc(Br)c1. The second-order valence-electron chi connectivity index (χ2n) is 3.46. The number of rotatable bonds is 6. The van der Waals surface area contributed by atoms with Gasteiger partial charge in [0, 0.05) is 24.2 Å². The van der Waals surface area contributed by atoms with Crippen molar-refractivity contribution in [3.05, 3.63) is 34.3 Å². The van der Waals surface area contributed by atoms with Gasteiger partial charge in [-0.1, -0.05) is 35.0 Å². The average Bonchev–Trinajstić information content (AvgIpc) is 2.24. The molecule has 3 heteroatoms. The van der Waals surface area contributed by atoms with E-state index >= 15 is 0 Å². The molecule has 0 unspecified atom stereocenters. The van der Waals surface area contributed by atoms with E-state index in [0.717, 1.165) is 24.0 Å². The number of nitrogens with one attached hydrogen (secondary N) is 1. The quantitative estimate of drug-likeness (QED) is 0.803. The number of hydrogen-bond donors (Lipinski definition) is 1. The van der Waals surface area contributed by atoms with Crippen LogP contribution < -0.4 is 5.32 Å². The van der Waals surface area contributed by atoms with E-state index in [1.165, 1.54) is 5.56 Å². The summed E-state index contributed by atoms with van der Waals surface area (Å²) in [6, 6.07) is 8.84. The molecule has 0 heterocycles. The van der Waals surface area contributed by atoms with Gasteiger partial charge in [0.25, 0.3) is 0 Å². The van der Waals surface area contributed by atoms with Crippen LogP contribution in [0.3, 0.4) is 0 Å². The van der Waals surface area contributed by atoms with Crippen LogP contribution >= 0.6 is 15.9 Å². The summed E-state index contributed by atoms with van der Waals surface area (Å²) >= 11 is 3.49. The van der Waals surface area contributed by atoms with E-state index in [9.17, 15) is 0 Å². The fraction of sp³-hybridized carbons (Fsp3) is 0.500. The smallest absolute Gasteiger partial charge is 0.0587 e. The molecule has 15 heavy (non-hydrogen) atoms. The number of hydrogen-bond acceptors (Lipinski definition) is 2. The molecule has 0 bridgehead atoms. The minimum absolute atomic E-state index is 0.414. The normalized spacial score (nSPS) is 12.7. The van der Waals surface area contributed by atoms with Gasteiger partial charge in [0.1, 0.15) is 0 Å². The molecule has 1 aromatic rings. The Hall–Kier alpha value is -0.380. The van der Waals surface area contributed by atoms with Crippen LogP contribution in [0.2, 0.25) is 0 Å². The lowest BCUT2D eigenvalue weighted by atomic mass is 10.1. The first kappa shape index (κ1) is 12.7. The predicted octanol–water partition coefficient (Wildman–Crippen LogP) is 3.14. The summed E-state index contributed by atoms with van der Waals surface area (Å²) < 4.78 is 6.16. The molecule has 0 aliphatic carbocycles. The summed E-state index contributed by atoms with van der Waals surface area (Å²) in [5.74, 6) is 0. The molecule has 0 spiro atoms. The number of benzene rings is 1. The summed E-state index contributed by atoms with van der Waals surface area (Å²) in [6.45, 7) is 3.83. The Labute approximate surface area is 100 Å². The maximum Gasteiger partial charge on any atom is 0.0587 e. The summed E-state index contributed by atoms with van der Waals surface area (Å²) in [5, 5.41) is 3.47. The molecule has 0 radical (unpaired) electrons. The number of methoxy groups -OCH3 is 1. The van der Waals surface area contributed by atoms with E-state index in [1.807, 2.05) is 6.07 Å². The van der Waals surface area contributed by atoms with Crippen LogP contribution in [0.1, 0.15) is 24.9 Å². The maximum atomic E-state index is 5.02. The average molecular weight is 272 g/mol. The van der Waals surface area contributed by atoms with Crippen LogP contribution in [0, 0.1) is 0 Å². The highest BCUT2D eigenvalue weighted by Crippen LogP contribution is 2.20. The van der Waals surface area contributed by atoms with Gasteiger partial charge in [0.2, 0.25) is 0 Å². The molecular weight excluding hydrogens is 254 g/mol. The van der Waals surface area contributed by atoms with Crippen molar-refractivity contribution in [3.8, 4) is 0 Å². The Balaban J connectivity index is 2.57. The first-order valence-corrected chi connectivity index (χ1v) is 6.05. The third kappa shape index (κ3) is 4.33. The van der Waals surface area contributed by atoms with Gasteiger partial charge in [0.15, 0.2) is 0 Å². The zero-order chi connectivity index (χ0) is 11.1. The second kappa shape index (κ2) is 6.99. The Morgan fingerprint density at radius 1 is 1.47 bits per heavy atom. The van der Waals surface area contributed by atoms with Crippen LogP contribution in [0.25, 0.3) is 0 Å². The van der Waals surface area contributed by atoms with E-state index < -0.39 is 0 Å². The lowest BCUT2D eigenvalue weighted by Crippen LogP contribution is -2.24. The van der Waals surface area contributed by atoms with Crippen LogP contribution in [0.4, 0.5) is 0 Å². The summed E-state index contributed by atoms with van der Waals surface area (Å²) in [5.41, 5.74) is 1.32.